The van der Waals surface area contributed by atoms with Crippen LogP contribution >= 0.6 is 0 Å². The van der Waals surface area contributed by atoms with Crippen molar-refractivity contribution in [2.45, 2.75) is 19.8 Å². The summed E-state index contributed by atoms with van der Waals surface area (Å²) in [5, 5.41) is 4.44. The predicted molar refractivity (Wildman–Crippen MR) is 56.5 cm³/mol. The Bertz CT molecular complexity index is 401. The van der Waals surface area contributed by atoms with Crippen LogP contribution in [0.15, 0.2) is 36.5 Å². The van der Waals surface area contributed by atoms with Gasteiger partial charge in [-0.15, -0.1) is 0 Å². The molecular weight excluding hydrogens is 172 g/mol. The summed E-state index contributed by atoms with van der Waals surface area (Å²) in [4.78, 5) is 0. The van der Waals surface area contributed by atoms with E-state index in [0.29, 0.717) is 5.92 Å². The minimum atomic E-state index is 0.431. The summed E-state index contributed by atoms with van der Waals surface area (Å²) < 4.78 is 1.86. The first-order valence-corrected chi connectivity index (χ1v) is 4.80. The molecule has 1 aromatic carbocycles. The van der Waals surface area contributed by atoms with Gasteiger partial charge in [0.15, 0.2) is 0 Å². The number of hydrogen-bond donors (Lipinski definition) is 0. The lowest BCUT2D eigenvalue weighted by Crippen LogP contribution is -1.96. The molecule has 0 atom stereocenters. The zero-order valence-corrected chi connectivity index (χ0v) is 8.44. The van der Waals surface area contributed by atoms with Crippen LogP contribution in [0.3, 0.4) is 0 Å². The van der Waals surface area contributed by atoms with Crippen LogP contribution < -0.4 is 0 Å². The fraction of sp³-hybridized carbons (Fsp3) is 0.250. The molecule has 2 nitrogen and oxygen atoms in total. The van der Waals surface area contributed by atoms with E-state index >= 15 is 0 Å². The van der Waals surface area contributed by atoms with Crippen molar-refractivity contribution in [3.63, 3.8) is 0 Å². The number of nitrogens with zero attached hydrogens (tertiary/aromatic N) is 2. The molecule has 0 saturated carbocycles. The van der Waals surface area contributed by atoms with E-state index in [1.54, 1.807) is 0 Å². The number of para-hydroxylation sites is 1. The standard InChI is InChI=1S/C12H13N2/c1-10(2)12-8-9-14(13-12)11-6-4-3-5-7-11/h3-7,9-10H,1-2H3. The van der Waals surface area contributed by atoms with Gasteiger partial charge in [0.2, 0.25) is 0 Å². The van der Waals surface area contributed by atoms with Gasteiger partial charge in [-0.2, -0.15) is 5.10 Å². The van der Waals surface area contributed by atoms with Crippen molar-refractivity contribution in [3.05, 3.63) is 48.3 Å². The van der Waals surface area contributed by atoms with Gasteiger partial charge in [-0.1, -0.05) is 32.0 Å². The average Bonchev–Trinajstić information content (AvgIpc) is 2.68. The van der Waals surface area contributed by atoms with Gasteiger partial charge in [-0.25, -0.2) is 4.68 Å². The van der Waals surface area contributed by atoms with Crippen molar-refractivity contribution in [2.24, 2.45) is 0 Å². The van der Waals surface area contributed by atoms with Gasteiger partial charge >= 0.3 is 0 Å². The summed E-state index contributed by atoms with van der Waals surface area (Å²) in [6.07, 6.45) is 1.88. The number of hydrogen-bond acceptors (Lipinski definition) is 1. The minimum absolute atomic E-state index is 0.431. The quantitative estimate of drug-likeness (QED) is 0.703. The van der Waals surface area contributed by atoms with E-state index in [-0.39, 0.29) is 0 Å². The molecular formula is C12H13N2. The zero-order chi connectivity index (χ0) is 9.97. The molecule has 0 fully saturated rings. The van der Waals surface area contributed by atoms with E-state index in [4.69, 9.17) is 0 Å². The van der Waals surface area contributed by atoms with Crippen molar-refractivity contribution < 1.29 is 0 Å². The molecule has 1 heterocycles. The van der Waals surface area contributed by atoms with Crippen molar-refractivity contribution in [1.29, 1.82) is 0 Å². The fourth-order valence-electron chi connectivity index (χ4n) is 1.30. The van der Waals surface area contributed by atoms with Gasteiger partial charge in [-0.3, -0.25) is 0 Å². The Labute approximate surface area is 84.2 Å². The van der Waals surface area contributed by atoms with Crippen molar-refractivity contribution in [1.82, 2.24) is 9.78 Å². The molecule has 2 aromatic rings. The maximum Gasteiger partial charge on any atom is 0.0734 e. The van der Waals surface area contributed by atoms with Gasteiger partial charge in [0.25, 0.3) is 0 Å². The van der Waals surface area contributed by atoms with E-state index in [9.17, 15) is 0 Å². The topological polar surface area (TPSA) is 17.8 Å². The Morgan fingerprint density at radius 3 is 2.50 bits per heavy atom. The Balaban J connectivity index is 2.34. The van der Waals surface area contributed by atoms with Crippen molar-refractivity contribution >= 4 is 0 Å². The van der Waals surface area contributed by atoms with Gasteiger partial charge in [0.05, 0.1) is 11.4 Å². The van der Waals surface area contributed by atoms with Crippen molar-refractivity contribution in [2.75, 3.05) is 0 Å². The summed E-state index contributed by atoms with van der Waals surface area (Å²) in [7, 11) is 0. The highest BCUT2D eigenvalue weighted by Crippen LogP contribution is 2.12. The van der Waals surface area contributed by atoms with Crippen LogP contribution in [0.2, 0.25) is 0 Å². The summed E-state index contributed by atoms with van der Waals surface area (Å²) >= 11 is 0. The molecule has 0 unspecified atom stereocenters. The van der Waals surface area contributed by atoms with E-state index in [2.05, 4.69) is 25.0 Å². The lowest BCUT2D eigenvalue weighted by Gasteiger charge is -2.01. The average molecular weight is 185 g/mol. The maximum absolute atomic E-state index is 4.44. The van der Waals surface area contributed by atoms with Crippen molar-refractivity contribution in [3.8, 4) is 5.69 Å². The van der Waals surface area contributed by atoms with Crippen LogP contribution in [-0.4, -0.2) is 9.78 Å². The Morgan fingerprint density at radius 1 is 1.21 bits per heavy atom. The SMILES string of the molecule is CC(C)c1[c]cn(-c2ccccc2)n1. The molecule has 71 valence electrons. The van der Waals surface area contributed by atoms with Crippen LogP contribution in [-0.2, 0) is 0 Å². The molecule has 2 heteroatoms. The molecule has 0 bridgehead atoms. The Morgan fingerprint density at radius 2 is 1.93 bits per heavy atom. The van der Waals surface area contributed by atoms with Gasteiger partial charge in [-0.05, 0) is 18.1 Å². The highest BCUT2D eigenvalue weighted by atomic mass is 15.3. The van der Waals surface area contributed by atoms with Crippen LogP contribution in [0.1, 0.15) is 25.5 Å². The molecule has 0 spiro atoms. The monoisotopic (exact) mass is 185 g/mol. The summed E-state index contributed by atoms with van der Waals surface area (Å²) in [5.41, 5.74) is 2.09. The first-order chi connectivity index (χ1) is 6.77. The third-order valence-corrected chi connectivity index (χ3v) is 2.12. The Hall–Kier alpha value is -1.57. The molecule has 0 amide bonds. The minimum Gasteiger partial charge on any atom is -0.240 e. The lowest BCUT2D eigenvalue weighted by atomic mass is 10.1. The number of rotatable bonds is 2. The third-order valence-electron chi connectivity index (χ3n) is 2.12. The lowest BCUT2D eigenvalue weighted by molar-refractivity contribution is 0.768. The third kappa shape index (κ3) is 1.69. The van der Waals surface area contributed by atoms with Crippen LogP contribution in [0.4, 0.5) is 0 Å². The summed E-state index contributed by atoms with van der Waals surface area (Å²) in [6, 6.07) is 13.2. The largest absolute Gasteiger partial charge is 0.240 e. The van der Waals surface area contributed by atoms with Crippen LogP contribution in [0.5, 0.6) is 0 Å². The van der Waals surface area contributed by atoms with Gasteiger partial charge in [0.1, 0.15) is 0 Å². The number of aromatic nitrogens is 2. The first-order valence-electron chi connectivity index (χ1n) is 4.80. The molecule has 0 aliphatic rings. The molecule has 1 aromatic heterocycles. The van der Waals surface area contributed by atoms with Gasteiger partial charge < -0.3 is 0 Å². The van der Waals surface area contributed by atoms with Crippen LogP contribution in [0.25, 0.3) is 5.69 Å². The Kier molecular flexibility index (Phi) is 2.35. The van der Waals surface area contributed by atoms with E-state index in [0.717, 1.165) is 11.4 Å². The molecule has 0 aliphatic carbocycles. The highest BCUT2D eigenvalue weighted by molar-refractivity contribution is 5.30. The fourth-order valence-corrected chi connectivity index (χ4v) is 1.30. The van der Waals surface area contributed by atoms with Crippen LogP contribution in [0, 0.1) is 6.07 Å². The molecule has 2 rings (SSSR count). The smallest absolute Gasteiger partial charge is 0.0734 e. The molecule has 1 radical (unpaired) electrons. The predicted octanol–water partition coefficient (Wildman–Crippen LogP) is 2.80. The maximum atomic E-state index is 4.44. The second-order valence-electron chi connectivity index (χ2n) is 3.59. The second-order valence-corrected chi connectivity index (χ2v) is 3.59. The van der Waals surface area contributed by atoms with E-state index in [1.165, 1.54) is 0 Å². The van der Waals surface area contributed by atoms with E-state index < -0.39 is 0 Å². The molecule has 0 aliphatic heterocycles. The summed E-state index contributed by atoms with van der Waals surface area (Å²) in [6.45, 7) is 4.24. The first kappa shape index (κ1) is 9.00. The second kappa shape index (κ2) is 3.66. The molecule has 0 saturated heterocycles. The summed E-state index contributed by atoms with van der Waals surface area (Å²) in [5.74, 6) is 0.431. The number of benzene rings is 1. The zero-order valence-electron chi connectivity index (χ0n) is 8.44. The molecule has 14 heavy (non-hydrogen) atoms. The normalized spacial score (nSPS) is 10.8. The molecule has 0 N–H and O–H groups in total. The highest BCUT2D eigenvalue weighted by Gasteiger charge is 2.04. The van der Waals surface area contributed by atoms with Gasteiger partial charge in [0, 0.05) is 12.3 Å². The van der Waals surface area contributed by atoms with E-state index in [1.807, 2.05) is 41.2 Å².